The van der Waals surface area contributed by atoms with E-state index in [9.17, 15) is 15.0 Å². The summed E-state index contributed by atoms with van der Waals surface area (Å²) in [5.41, 5.74) is -1.04. The molecule has 4 heteroatoms. The van der Waals surface area contributed by atoms with E-state index in [4.69, 9.17) is 4.74 Å². The molecule has 4 nitrogen and oxygen atoms in total. The molecule has 0 unspecified atom stereocenters. The van der Waals surface area contributed by atoms with Crippen LogP contribution in [0.1, 0.15) is 112 Å². The van der Waals surface area contributed by atoms with Crippen molar-refractivity contribution in [3.63, 3.8) is 0 Å². The average molecular weight is 463 g/mol. The van der Waals surface area contributed by atoms with E-state index in [0.717, 1.165) is 36.5 Å². The predicted octanol–water partition coefficient (Wildman–Crippen LogP) is 6.13. The van der Waals surface area contributed by atoms with Crippen molar-refractivity contribution in [2.24, 2.45) is 46.3 Å². The maximum atomic E-state index is 11.8. The van der Waals surface area contributed by atoms with Gasteiger partial charge in [0.15, 0.2) is 0 Å². The molecule has 190 valence electrons. The van der Waals surface area contributed by atoms with Crippen molar-refractivity contribution < 1.29 is 19.7 Å². The molecule has 0 aliphatic heterocycles. The Balaban J connectivity index is 1.53. The van der Waals surface area contributed by atoms with Gasteiger partial charge in [-0.15, -0.1) is 0 Å². The zero-order valence-electron chi connectivity index (χ0n) is 22.1. The first-order chi connectivity index (χ1) is 15.4. The van der Waals surface area contributed by atoms with Gasteiger partial charge in [-0.1, -0.05) is 53.9 Å². The number of hydrogen-bond acceptors (Lipinski definition) is 4. The molecular weight excluding hydrogens is 412 g/mol. The Morgan fingerprint density at radius 1 is 1.03 bits per heavy atom. The smallest absolute Gasteiger partial charge is 0.302 e. The second-order valence-electron chi connectivity index (χ2n) is 13.5. The van der Waals surface area contributed by atoms with Crippen molar-refractivity contribution in [1.82, 2.24) is 0 Å². The van der Waals surface area contributed by atoms with Crippen LogP contribution in [0.5, 0.6) is 0 Å². The first-order valence-corrected chi connectivity index (χ1v) is 14.0. The number of carbonyl (C=O) groups is 1. The molecule has 4 fully saturated rings. The predicted molar refractivity (Wildman–Crippen MR) is 131 cm³/mol. The lowest BCUT2D eigenvalue weighted by Gasteiger charge is -2.65. The number of esters is 1. The Kier molecular flexibility index (Phi) is 7.04. The summed E-state index contributed by atoms with van der Waals surface area (Å²) in [6.07, 6.45) is 10.7. The van der Waals surface area contributed by atoms with Gasteiger partial charge in [0.25, 0.3) is 0 Å². The number of aliphatic hydroxyl groups excluding tert-OH is 1. The van der Waals surface area contributed by atoms with Crippen LogP contribution >= 0.6 is 0 Å². The summed E-state index contributed by atoms with van der Waals surface area (Å²) in [6, 6.07) is 0. The van der Waals surface area contributed by atoms with E-state index in [1.165, 1.54) is 45.4 Å². The third-order valence-corrected chi connectivity index (χ3v) is 11.3. The molecule has 4 aliphatic carbocycles. The second-order valence-corrected chi connectivity index (χ2v) is 13.5. The molecule has 4 saturated carbocycles. The molecular formula is C29H50O4. The van der Waals surface area contributed by atoms with E-state index in [1.54, 1.807) is 0 Å². The van der Waals surface area contributed by atoms with E-state index < -0.39 is 17.1 Å². The molecule has 33 heavy (non-hydrogen) atoms. The highest BCUT2D eigenvalue weighted by Crippen LogP contribution is 2.69. The molecule has 0 spiro atoms. The molecule has 0 radical (unpaired) electrons. The van der Waals surface area contributed by atoms with Crippen molar-refractivity contribution in [2.45, 2.75) is 130 Å². The van der Waals surface area contributed by atoms with E-state index in [0.29, 0.717) is 36.5 Å². The number of ether oxygens (including phenoxy) is 1. The SMILES string of the molecule is CC(=O)O[C@H]1C[C@@H](O)[C@]2(O)CC[C@@H]3[C@H]4CC[C@H]([C@H](C)CCCC(C)C)[C@@]4(C)CC[C@@H]3[C@@]2(C)C1. The van der Waals surface area contributed by atoms with Crippen LogP contribution in [0.3, 0.4) is 0 Å². The minimum absolute atomic E-state index is 0.282. The second kappa shape index (κ2) is 9.12. The lowest BCUT2D eigenvalue weighted by Crippen LogP contribution is -2.68. The van der Waals surface area contributed by atoms with Crippen molar-refractivity contribution in [3.8, 4) is 0 Å². The molecule has 0 aromatic rings. The van der Waals surface area contributed by atoms with Gasteiger partial charge in [0.2, 0.25) is 0 Å². The van der Waals surface area contributed by atoms with Gasteiger partial charge < -0.3 is 14.9 Å². The van der Waals surface area contributed by atoms with Crippen LogP contribution < -0.4 is 0 Å². The molecule has 2 N–H and O–H groups in total. The Hall–Kier alpha value is -0.610. The van der Waals surface area contributed by atoms with Gasteiger partial charge >= 0.3 is 5.97 Å². The number of hydrogen-bond donors (Lipinski definition) is 2. The Morgan fingerprint density at radius 2 is 1.76 bits per heavy atom. The van der Waals surface area contributed by atoms with Crippen LogP contribution in [0.25, 0.3) is 0 Å². The van der Waals surface area contributed by atoms with Gasteiger partial charge in [0.05, 0.1) is 11.7 Å². The number of fused-ring (bicyclic) bond motifs is 5. The first-order valence-electron chi connectivity index (χ1n) is 14.0. The normalized spacial score (nSPS) is 48.0. The molecule has 4 rings (SSSR count). The standard InChI is InChI=1S/C29H50O4/c1-18(2)8-7-9-19(3)23-10-11-24-22-12-15-29(32)26(31)16-21(33-20(4)30)17-28(29,6)25(22)13-14-27(23,24)5/h18-19,21-26,31-32H,7-17H2,1-6H3/t19-,21+,22-,23-,24-,25+,26-,27-,28-,29-/m1/s1. The highest BCUT2D eigenvalue weighted by Gasteiger charge is 2.67. The average Bonchev–Trinajstić information content (AvgIpc) is 3.06. The quantitative estimate of drug-likeness (QED) is 0.466. The minimum Gasteiger partial charge on any atom is -0.462 e. The van der Waals surface area contributed by atoms with Crippen LogP contribution in [-0.4, -0.2) is 34.0 Å². The third-order valence-electron chi connectivity index (χ3n) is 11.3. The summed E-state index contributed by atoms with van der Waals surface area (Å²) < 4.78 is 5.60. The van der Waals surface area contributed by atoms with Gasteiger partial charge in [0.1, 0.15) is 6.10 Å². The fraction of sp³-hybridized carbons (Fsp3) is 0.966. The van der Waals surface area contributed by atoms with Crippen LogP contribution in [0, 0.1) is 46.3 Å². The van der Waals surface area contributed by atoms with Gasteiger partial charge in [0, 0.05) is 18.8 Å². The molecule has 0 heterocycles. The lowest BCUT2D eigenvalue weighted by atomic mass is 9.42. The largest absolute Gasteiger partial charge is 0.462 e. The molecule has 0 aromatic heterocycles. The fourth-order valence-electron chi connectivity index (χ4n) is 9.70. The highest BCUT2D eigenvalue weighted by molar-refractivity contribution is 5.66. The highest BCUT2D eigenvalue weighted by atomic mass is 16.5. The summed E-state index contributed by atoms with van der Waals surface area (Å²) in [5.74, 6) is 3.85. The summed E-state index contributed by atoms with van der Waals surface area (Å²) in [4.78, 5) is 11.7. The maximum absolute atomic E-state index is 11.8. The van der Waals surface area contributed by atoms with E-state index >= 15 is 0 Å². The van der Waals surface area contributed by atoms with Crippen molar-refractivity contribution >= 4 is 5.97 Å². The minimum atomic E-state index is -1.05. The fourth-order valence-corrected chi connectivity index (χ4v) is 9.70. The van der Waals surface area contributed by atoms with E-state index in [1.807, 2.05) is 0 Å². The van der Waals surface area contributed by atoms with Gasteiger partial charge in [-0.25, -0.2) is 0 Å². The summed E-state index contributed by atoms with van der Waals surface area (Å²) in [6.45, 7) is 13.4. The molecule has 10 atom stereocenters. The van der Waals surface area contributed by atoms with Gasteiger partial charge in [-0.3, -0.25) is 4.79 Å². The monoisotopic (exact) mass is 462 g/mol. The Morgan fingerprint density at radius 3 is 2.42 bits per heavy atom. The molecule has 0 saturated heterocycles. The van der Waals surface area contributed by atoms with Crippen LogP contribution in [0.2, 0.25) is 0 Å². The van der Waals surface area contributed by atoms with E-state index in [2.05, 4.69) is 34.6 Å². The third kappa shape index (κ3) is 4.20. The van der Waals surface area contributed by atoms with Crippen LogP contribution in [0.15, 0.2) is 0 Å². The van der Waals surface area contributed by atoms with Gasteiger partial charge in [-0.05, 0) is 85.9 Å². The summed E-state index contributed by atoms with van der Waals surface area (Å²) in [7, 11) is 0. The van der Waals surface area contributed by atoms with Crippen molar-refractivity contribution in [1.29, 1.82) is 0 Å². The number of rotatable bonds is 6. The van der Waals surface area contributed by atoms with Crippen molar-refractivity contribution in [3.05, 3.63) is 0 Å². The number of aliphatic hydroxyl groups is 2. The molecule has 0 aromatic carbocycles. The molecule has 0 bridgehead atoms. The van der Waals surface area contributed by atoms with Gasteiger partial charge in [-0.2, -0.15) is 0 Å². The maximum Gasteiger partial charge on any atom is 0.302 e. The lowest BCUT2D eigenvalue weighted by molar-refractivity contribution is -0.262. The Labute approximate surface area is 202 Å². The van der Waals surface area contributed by atoms with Crippen LogP contribution in [-0.2, 0) is 9.53 Å². The zero-order valence-corrected chi connectivity index (χ0v) is 22.1. The molecule has 4 aliphatic rings. The first kappa shape index (κ1) is 25.5. The summed E-state index contributed by atoms with van der Waals surface area (Å²) in [5, 5.41) is 22.8. The molecule has 0 amide bonds. The topological polar surface area (TPSA) is 66.8 Å². The number of carbonyl (C=O) groups excluding carboxylic acids is 1. The van der Waals surface area contributed by atoms with E-state index in [-0.39, 0.29) is 12.1 Å². The van der Waals surface area contributed by atoms with Crippen LogP contribution in [0.4, 0.5) is 0 Å². The summed E-state index contributed by atoms with van der Waals surface area (Å²) >= 11 is 0. The Bertz CT molecular complexity index is 720. The van der Waals surface area contributed by atoms with Crippen molar-refractivity contribution in [2.75, 3.05) is 0 Å². The zero-order chi connectivity index (χ0) is 24.2.